The topological polar surface area (TPSA) is 54.8 Å². The molecule has 6 nitrogen and oxygen atoms in total. The maximum absolute atomic E-state index is 13.4. The Morgan fingerprint density at radius 3 is 2.33 bits per heavy atom. The van der Waals surface area contributed by atoms with E-state index in [4.69, 9.17) is 4.74 Å². The van der Waals surface area contributed by atoms with Gasteiger partial charge >= 0.3 is 0 Å². The van der Waals surface area contributed by atoms with Crippen molar-refractivity contribution in [2.45, 2.75) is 19.4 Å². The van der Waals surface area contributed by atoms with Crippen LogP contribution >= 0.6 is 0 Å². The summed E-state index contributed by atoms with van der Waals surface area (Å²) in [4.78, 5) is 30.6. The highest BCUT2D eigenvalue weighted by Crippen LogP contribution is 2.31. The fraction of sp³-hybridized carbons (Fsp3) is 0.333. The summed E-state index contributed by atoms with van der Waals surface area (Å²) in [6.45, 7) is 10.7. The molecular weight excluding hydrogens is 450 g/mol. The normalized spacial score (nSPS) is 16.9. The van der Waals surface area contributed by atoms with Crippen molar-refractivity contribution in [2.24, 2.45) is 7.05 Å². The molecule has 186 valence electrons. The molecule has 0 aliphatic carbocycles. The fourth-order valence-corrected chi connectivity index (χ4v) is 5.06. The molecule has 2 fully saturated rings. The molecule has 0 radical (unpaired) electrons. The number of carbonyl (C=O) groups is 1. The minimum absolute atomic E-state index is 0.0811. The van der Waals surface area contributed by atoms with Crippen LogP contribution in [0.15, 0.2) is 72.2 Å². The van der Waals surface area contributed by atoms with Crippen LogP contribution in [0, 0.1) is 6.92 Å². The van der Waals surface area contributed by atoms with Crippen molar-refractivity contribution >= 4 is 11.5 Å². The van der Waals surface area contributed by atoms with Gasteiger partial charge in [0.25, 0.3) is 5.56 Å². The van der Waals surface area contributed by atoms with Gasteiger partial charge in [0.2, 0.25) is 5.91 Å². The molecule has 2 aliphatic rings. The third-order valence-corrected chi connectivity index (χ3v) is 7.35. The molecule has 5 rings (SSSR count). The maximum atomic E-state index is 13.4. The molecule has 6 heteroatoms. The number of benzene rings is 2. The summed E-state index contributed by atoms with van der Waals surface area (Å²) in [6.07, 6.45) is 2.99. The van der Waals surface area contributed by atoms with E-state index in [1.807, 2.05) is 53.6 Å². The van der Waals surface area contributed by atoms with Crippen LogP contribution < -0.4 is 5.56 Å². The van der Waals surface area contributed by atoms with Gasteiger partial charge in [-0.25, -0.2) is 0 Å². The number of nitrogens with zero attached hydrogens (tertiary/aromatic N) is 3. The Kier molecular flexibility index (Phi) is 6.90. The van der Waals surface area contributed by atoms with Gasteiger partial charge in [-0.15, -0.1) is 0 Å². The Hall–Kier alpha value is -3.48. The number of ether oxygens (including phenoxy) is 1. The second-order valence-corrected chi connectivity index (χ2v) is 9.70. The minimum atomic E-state index is -0.281. The average Bonchev–Trinajstić information content (AvgIpc) is 2.88. The van der Waals surface area contributed by atoms with Gasteiger partial charge in [-0.1, -0.05) is 55.1 Å². The SMILES string of the molecule is C=C(c1ccc(C(C(=O)N2CCOCC2)N2CCC2)cc1)c1cc(-c2ccccc2C)cn(C)c1=O. The number of morpholine rings is 1. The number of carbonyl (C=O) groups excluding carboxylic acids is 1. The van der Waals surface area contributed by atoms with Gasteiger partial charge in [0.05, 0.1) is 13.2 Å². The van der Waals surface area contributed by atoms with Crippen molar-refractivity contribution < 1.29 is 9.53 Å². The van der Waals surface area contributed by atoms with Gasteiger partial charge in [0.1, 0.15) is 6.04 Å². The van der Waals surface area contributed by atoms with Crippen LogP contribution in [0.25, 0.3) is 16.7 Å². The first kappa shape index (κ1) is 24.2. The number of rotatable bonds is 6. The summed E-state index contributed by atoms with van der Waals surface area (Å²) in [5, 5.41) is 0. The van der Waals surface area contributed by atoms with Crippen LogP contribution in [-0.2, 0) is 16.6 Å². The van der Waals surface area contributed by atoms with Crippen LogP contribution in [0.4, 0.5) is 0 Å². The van der Waals surface area contributed by atoms with Crippen molar-refractivity contribution in [3.05, 3.63) is 100.0 Å². The second kappa shape index (κ2) is 10.2. The summed E-state index contributed by atoms with van der Waals surface area (Å²) >= 11 is 0. The summed E-state index contributed by atoms with van der Waals surface area (Å²) in [6, 6.07) is 17.8. The number of amides is 1. The Bertz CT molecular complexity index is 1330. The zero-order valence-electron chi connectivity index (χ0n) is 21.1. The molecule has 0 saturated carbocycles. The standard InChI is InChI=1S/C30H33N3O3/c1-21-7-4-5-8-26(21)25-19-27(29(34)31(3)20-25)22(2)23-9-11-24(12-10-23)28(32-13-6-14-32)30(35)33-15-17-36-18-16-33/h4-5,7-12,19-20,28H,2,6,13-18H2,1,3H3. The zero-order chi connectivity index (χ0) is 25.2. The Morgan fingerprint density at radius 1 is 1.00 bits per heavy atom. The Balaban J connectivity index is 1.44. The molecule has 0 bridgehead atoms. The van der Waals surface area contributed by atoms with E-state index in [0.717, 1.165) is 47.3 Å². The van der Waals surface area contributed by atoms with Gasteiger partial charge in [-0.3, -0.25) is 14.5 Å². The molecule has 36 heavy (non-hydrogen) atoms. The molecule has 1 aromatic heterocycles. The lowest BCUT2D eigenvalue weighted by molar-refractivity contribution is -0.143. The van der Waals surface area contributed by atoms with Crippen LogP contribution in [0.2, 0.25) is 0 Å². The van der Waals surface area contributed by atoms with Crippen LogP contribution in [-0.4, -0.2) is 59.7 Å². The second-order valence-electron chi connectivity index (χ2n) is 9.70. The van der Waals surface area contributed by atoms with Crippen molar-refractivity contribution in [3.63, 3.8) is 0 Å². The van der Waals surface area contributed by atoms with Gasteiger partial charge in [-0.2, -0.15) is 0 Å². The van der Waals surface area contributed by atoms with Crippen molar-refractivity contribution in [1.29, 1.82) is 0 Å². The smallest absolute Gasteiger partial charge is 0.258 e. The van der Waals surface area contributed by atoms with E-state index in [1.165, 1.54) is 0 Å². The van der Waals surface area contributed by atoms with Crippen molar-refractivity contribution in [1.82, 2.24) is 14.4 Å². The third kappa shape index (κ3) is 4.66. The summed E-state index contributed by atoms with van der Waals surface area (Å²) in [5.74, 6) is 0.143. The highest BCUT2D eigenvalue weighted by molar-refractivity contribution is 5.84. The molecule has 2 saturated heterocycles. The highest BCUT2D eigenvalue weighted by atomic mass is 16.5. The summed E-state index contributed by atoms with van der Waals surface area (Å²) < 4.78 is 7.06. The zero-order valence-corrected chi connectivity index (χ0v) is 21.1. The number of aromatic nitrogens is 1. The number of aryl methyl sites for hydroxylation is 2. The van der Waals surface area contributed by atoms with E-state index < -0.39 is 0 Å². The summed E-state index contributed by atoms with van der Waals surface area (Å²) in [7, 11) is 1.78. The van der Waals surface area contributed by atoms with Crippen molar-refractivity contribution in [3.8, 4) is 11.1 Å². The monoisotopic (exact) mass is 483 g/mol. The fourth-order valence-electron chi connectivity index (χ4n) is 5.06. The van der Waals surface area contributed by atoms with E-state index >= 15 is 0 Å². The lowest BCUT2D eigenvalue weighted by atomic mass is 9.93. The highest BCUT2D eigenvalue weighted by Gasteiger charge is 2.34. The maximum Gasteiger partial charge on any atom is 0.258 e. The van der Waals surface area contributed by atoms with Crippen LogP contribution in [0.5, 0.6) is 0 Å². The molecule has 0 N–H and O–H groups in total. The molecule has 3 heterocycles. The van der Waals surface area contributed by atoms with E-state index in [0.29, 0.717) is 37.4 Å². The van der Waals surface area contributed by atoms with E-state index in [2.05, 4.69) is 30.5 Å². The molecular formula is C30H33N3O3. The lowest BCUT2D eigenvalue weighted by Crippen LogP contribution is -2.51. The predicted octanol–water partition coefficient (Wildman–Crippen LogP) is 4.03. The molecule has 2 aliphatic heterocycles. The number of pyridine rings is 1. The molecule has 1 atom stereocenters. The van der Waals surface area contributed by atoms with Crippen LogP contribution in [0.1, 0.15) is 34.7 Å². The lowest BCUT2D eigenvalue weighted by Gasteiger charge is -2.40. The molecule has 3 aromatic rings. The Morgan fingerprint density at radius 2 is 1.69 bits per heavy atom. The summed E-state index contributed by atoms with van der Waals surface area (Å²) in [5.41, 5.74) is 6.25. The van der Waals surface area contributed by atoms with E-state index in [1.54, 1.807) is 11.6 Å². The first-order chi connectivity index (χ1) is 17.4. The first-order valence-electron chi connectivity index (χ1n) is 12.6. The molecule has 2 aromatic carbocycles. The van der Waals surface area contributed by atoms with E-state index in [9.17, 15) is 9.59 Å². The van der Waals surface area contributed by atoms with Gasteiger partial charge in [0, 0.05) is 45.0 Å². The third-order valence-electron chi connectivity index (χ3n) is 7.35. The average molecular weight is 484 g/mol. The number of hydrogen-bond donors (Lipinski definition) is 0. The van der Waals surface area contributed by atoms with Gasteiger partial charge in [-0.05, 0) is 52.8 Å². The quantitative estimate of drug-likeness (QED) is 0.531. The Labute approximate surface area is 212 Å². The minimum Gasteiger partial charge on any atom is -0.378 e. The molecule has 1 unspecified atom stereocenters. The first-order valence-corrected chi connectivity index (χ1v) is 12.6. The van der Waals surface area contributed by atoms with Gasteiger partial charge < -0.3 is 14.2 Å². The van der Waals surface area contributed by atoms with Crippen molar-refractivity contribution in [2.75, 3.05) is 39.4 Å². The number of hydrogen-bond acceptors (Lipinski definition) is 4. The molecule has 0 spiro atoms. The van der Waals surface area contributed by atoms with Gasteiger partial charge in [0.15, 0.2) is 0 Å². The molecule has 1 amide bonds. The van der Waals surface area contributed by atoms with E-state index in [-0.39, 0.29) is 17.5 Å². The largest absolute Gasteiger partial charge is 0.378 e. The predicted molar refractivity (Wildman–Crippen MR) is 143 cm³/mol. The van der Waals surface area contributed by atoms with Crippen LogP contribution in [0.3, 0.4) is 0 Å². The number of likely N-dealkylation sites (tertiary alicyclic amines) is 1.